The molecule has 0 aliphatic heterocycles. The molecule has 0 saturated carbocycles. The van der Waals surface area contributed by atoms with Crippen molar-refractivity contribution in [2.45, 2.75) is 7.59 Å². The number of alkyl halides is 8. The highest BCUT2D eigenvalue weighted by Crippen LogP contribution is 2.41. The average Bonchev–Trinajstić information content (AvgIpc) is 2.59. The van der Waals surface area contributed by atoms with Crippen LogP contribution in [0.5, 0.6) is 0 Å². The van der Waals surface area contributed by atoms with Crippen LogP contribution >= 0.6 is 92.8 Å². The molecule has 28 heavy (non-hydrogen) atoms. The lowest BCUT2D eigenvalue weighted by molar-refractivity contribution is 0.620. The summed E-state index contributed by atoms with van der Waals surface area (Å²) in [5.41, 5.74) is 0.434. The zero-order valence-electron chi connectivity index (χ0n) is 13.8. The lowest BCUT2D eigenvalue weighted by Gasteiger charge is -2.26. The van der Waals surface area contributed by atoms with Gasteiger partial charge in [-0.25, -0.2) is 19.3 Å². The number of anilines is 1. The summed E-state index contributed by atoms with van der Waals surface area (Å²) in [7, 11) is 0. The molecular formula is C15H11Cl8FN4. The van der Waals surface area contributed by atoms with Gasteiger partial charge in [-0.1, -0.05) is 75.7 Å². The highest BCUT2D eigenvalue weighted by Gasteiger charge is 2.34. The lowest BCUT2D eigenvalue weighted by Crippen LogP contribution is -2.29. The van der Waals surface area contributed by atoms with Gasteiger partial charge in [0.25, 0.3) is 0 Å². The van der Waals surface area contributed by atoms with E-state index >= 15 is 0 Å². The summed E-state index contributed by atoms with van der Waals surface area (Å²) in [4.78, 5) is 13.8. The highest BCUT2D eigenvalue weighted by atomic mass is 35.6. The Balaban J connectivity index is 2.75. The van der Waals surface area contributed by atoms with Crippen LogP contribution in [0.1, 0.15) is 11.6 Å². The second kappa shape index (κ2) is 10.1. The van der Waals surface area contributed by atoms with Crippen LogP contribution in [0.4, 0.5) is 10.1 Å². The molecule has 0 aliphatic rings. The summed E-state index contributed by atoms with van der Waals surface area (Å²) < 4.78 is 10.7. The molecule has 0 unspecified atom stereocenters. The first kappa shape index (κ1) is 24.5. The van der Waals surface area contributed by atoms with Gasteiger partial charge >= 0.3 is 0 Å². The van der Waals surface area contributed by atoms with Crippen molar-refractivity contribution < 1.29 is 4.39 Å². The number of aromatic nitrogens is 3. The van der Waals surface area contributed by atoms with E-state index in [2.05, 4.69) is 15.0 Å². The Kier molecular flexibility index (Phi) is 8.82. The van der Waals surface area contributed by atoms with Crippen molar-refractivity contribution in [3.63, 3.8) is 0 Å². The first-order chi connectivity index (χ1) is 13.0. The highest BCUT2D eigenvalue weighted by molar-refractivity contribution is 6.67. The lowest BCUT2D eigenvalue weighted by atomic mass is 10.1. The number of hydrogen-bond donors (Lipinski definition) is 0. The number of halogens is 9. The van der Waals surface area contributed by atoms with Crippen LogP contribution < -0.4 is 4.90 Å². The molecule has 4 nitrogen and oxygen atoms in total. The number of nitrogens with zero attached hydrogens (tertiary/aromatic N) is 4. The molecule has 0 spiro atoms. The van der Waals surface area contributed by atoms with Gasteiger partial charge in [0.1, 0.15) is 5.82 Å². The van der Waals surface area contributed by atoms with E-state index in [1.54, 1.807) is 11.0 Å². The van der Waals surface area contributed by atoms with Crippen LogP contribution in [-0.4, -0.2) is 39.8 Å². The molecule has 0 fully saturated rings. The van der Waals surface area contributed by atoms with E-state index in [1.807, 2.05) is 0 Å². The van der Waals surface area contributed by atoms with Crippen molar-refractivity contribution in [2.24, 2.45) is 0 Å². The predicted molar refractivity (Wildman–Crippen MR) is 117 cm³/mol. The number of benzene rings is 1. The monoisotopic (exact) mass is 546 g/mol. The third kappa shape index (κ3) is 6.14. The van der Waals surface area contributed by atoms with Gasteiger partial charge in [-0.2, -0.15) is 0 Å². The van der Waals surface area contributed by atoms with Gasteiger partial charge in [0.15, 0.2) is 17.5 Å². The molecule has 1 heterocycles. The summed E-state index contributed by atoms with van der Waals surface area (Å²) in [5, 5.41) is 0. The summed E-state index contributed by atoms with van der Waals surface area (Å²) in [6, 6.07) is 4.33. The van der Waals surface area contributed by atoms with Crippen molar-refractivity contribution in [2.75, 3.05) is 29.7 Å². The summed E-state index contributed by atoms with van der Waals surface area (Å²) in [5.74, 6) is -0.665. The van der Waals surface area contributed by atoms with Gasteiger partial charge in [-0.05, 0) is 12.1 Å². The van der Waals surface area contributed by atoms with Gasteiger partial charge in [0.2, 0.25) is 7.59 Å². The maximum atomic E-state index is 14.7. The van der Waals surface area contributed by atoms with E-state index in [1.165, 1.54) is 12.1 Å². The Hall–Kier alpha value is 0.280. The van der Waals surface area contributed by atoms with Crippen LogP contribution in [0.2, 0.25) is 0 Å². The largest absolute Gasteiger partial charge is 0.366 e. The second-order valence-electron chi connectivity index (χ2n) is 5.30. The van der Waals surface area contributed by atoms with Gasteiger partial charge in [-0.3, -0.25) is 0 Å². The van der Waals surface area contributed by atoms with Crippen LogP contribution in [0, 0.1) is 5.82 Å². The zero-order valence-corrected chi connectivity index (χ0v) is 19.8. The van der Waals surface area contributed by atoms with Crippen LogP contribution in [0.25, 0.3) is 11.4 Å². The summed E-state index contributed by atoms with van der Waals surface area (Å²) >= 11 is 47.1. The Bertz CT molecular complexity index is 786. The summed E-state index contributed by atoms with van der Waals surface area (Å²) in [6.45, 7) is 0.643. The molecule has 0 aliphatic carbocycles. The van der Waals surface area contributed by atoms with Gasteiger partial charge < -0.3 is 4.90 Å². The zero-order chi connectivity index (χ0) is 21.1. The van der Waals surface area contributed by atoms with E-state index < -0.39 is 13.4 Å². The standard InChI is InChI=1S/C15H11Cl8FN4/c16-4-6-28(7-5-17)10-8(2-1-3-9(10)24)11-25-12(14(18,19)20)27-13(26-11)15(21,22)23/h1-3H,4-7H2. The van der Waals surface area contributed by atoms with Gasteiger partial charge in [0, 0.05) is 30.4 Å². The Morgan fingerprint density at radius 3 is 1.75 bits per heavy atom. The van der Waals surface area contributed by atoms with Gasteiger partial charge in [0.05, 0.1) is 5.69 Å². The fourth-order valence-corrected chi connectivity index (χ4v) is 3.22. The Morgan fingerprint density at radius 1 is 0.821 bits per heavy atom. The minimum absolute atomic E-state index is 0.0405. The van der Waals surface area contributed by atoms with Crippen molar-refractivity contribution in [3.05, 3.63) is 35.7 Å². The Labute approximate surface area is 201 Å². The van der Waals surface area contributed by atoms with Crippen molar-refractivity contribution in [3.8, 4) is 11.4 Å². The maximum absolute atomic E-state index is 14.7. The molecule has 2 aromatic rings. The van der Waals surface area contributed by atoms with E-state index in [-0.39, 0.29) is 40.5 Å². The summed E-state index contributed by atoms with van der Waals surface area (Å²) in [6.07, 6.45) is 0. The fraction of sp³-hybridized carbons (Fsp3) is 0.400. The van der Waals surface area contributed by atoms with Gasteiger partial charge in [-0.15, -0.1) is 23.2 Å². The predicted octanol–water partition coefficient (Wildman–Crippen LogP) is 6.62. The first-order valence-electron chi connectivity index (χ1n) is 7.55. The van der Waals surface area contributed by atoms with Crippen molar-refractivity contribution in [1.82, 2.24) is 15.0 Å². The van der Waals surface area contributed by atoms with Crippen LogP contribution in [-0.2, 0) is 7.59 Å². The third-order valence-corrected chi connectivity index (χ3v) is 4.75. The minimum atomic E-state index is -2.03. The second-order valence-corrected chi connectivity index (χ2v) is 10.6. The molecule has 1 aromatic carbocycles. The van der Waals surface area contributed by atoms with Crippen LogP contribution in [0.3, 0.4) is 0 Å². The third-order valence-electron chi connectivity index (χ3n) is 3.40. The quantitative estimate of drug-likeness (QED) is 0.380. The maximum Gasteiger partial charge on any atom is 0.250 e. The van der Waals surface area contributed by atoms with E-state index in [0.29, 0.717) is 13.1 Å². The topological polar surface area (TPSA) is 41.9 Å². The molecule has 0 saturated heterocycles. The van der Waals surface area contributed by atoms with Crippen molar-refractivity contribution >= 4 is 98.5 Å². The number of para-hydroxylation sites is 1. The van der Waals surface area contributed by atoms with E-state index in [9.17, 15) is 4.39 Å². The molecule has 0 amide bonds. The first-order valence-corrected chi connectivity index (χ1v) is 10.9. The molecule has 13 heteroatoms. The average molecular weight is 550 g/mol. The molecular weight excluding hydrogens is 539 g/mol. The molecule has 0 N–H and O–H groups in total. The molecule has 2 rings (SSSR count). The van der Waals surface area contributed by atoms with E-state index in [0.717, 1.165) is 0 Å². The molecule has 154 valence electrons. The molecule has 0 bridgehead atoms. The Morgan fingerprint density at radius 2 is 1.32 bits per heavy atom. The molecule has 1 aromatic heterocycles. The minimum Gasteiger partial charge on any atom is -0.366 e. The van der Waals surface area contributed by atoms with E-state index in [4.69, 9.17) is 92.8 Å². The van der Waals surface area contributed by atoms with Crippen LogP contribution in [0.15, 0.2) is 18.2 Å². The normalized spacial score (nSPS) is 12.3. The molecule has 0 atom stereocenters. The molecule has 0 radical (unpaired) electrons. The fourth-order valence-electron chi connectivity index (χ4n) is 2.31. The smallest absolute Gasteiger partial charge is 0.250 e. The SMILES string of the molecule is Fc1cccc(-c2nc(C(Cl)(Cl)Cl)nc(C(Cl)(Cl)Cl)n2)c1N(CCCl)CCCl. The van der Waals surface area contributed by atoms with Crippen molar-refractivity contribution in [1.29, 1.82) is 0 Å². The number of rotatable bonds is 6. The number of hydrogen-bond acceptors (Lipinski definition) is 4.